The first kappa shape index (κ1) is 19.7. The van der Waals surface area contributed by atoms with Gasteiger partial charge in [-0.3, -0.25) is 9.59 Å². The third kappa shape index (κ3) is 4.94. The average molecular weight is 348 g/mol. The number of carbonyl (C=O) groups excluding carboxylic acids is 2. The monoisotopic (exact) mass is 347 g/mol. The van der Waals surface area contributed by atoms with Crippen LogP contribution in [0.15, 0.2) is 23.9 Å². The normalized spacial score (nSPS) is 23.1. The number of hydrogen-bond acceptors (Lipinski definition) is 3. The summed E-state index contributed by atoms with van der Waals surface area (Å²) in [5, 5.41) is 0. The summed E-state index contributed by atoms with van der Waals surface area (Å²) in [4.78, 5) is 31.7. The molecule has 0 saturated carbocycles. The second-order valence-corrected chi connectivity index (χ2v) is 6.87. The topological polar surface area (TPSA) is 43.9 Å². The number of likely N-dealkylation sites (tertiary alicyclic amines) is 1. The van der Waals surface area contributed by atoms with Gasteiger partial charge in [-0.1, -0.05) is 32.4 Å². The molecule has 2 aliphatic heterocycles. The van der Waals surface area contributed by atoms with Crippen molar-refractivity contribution in [3.63, 3.8) is 0 Å². The minimum absolute atomic E-state index is 0.0948. The van der Waals surface area contributed by atoms with Crippen LogP contribution in [0.25, 0.3) is 0 Å². The lowest BCUT2D eigenvalue weighted by Crippen LogP contribution is -2.53. The van der Waals surface area contributed by atoms with Crippen LogP contribution < -0.4 is 0 Å². The van der Waals surface area contributed by atoms with Gasteiger partial charge in [0.25, 0.3) is 0 Å². The van der Waals surface area contributed by atoms with Gasteiger partial charge in [-0.2, -0.15) is 0 Å². The smallest absolute Gasteiger partial charge is 0.245 e. The highest BCUT2D eigenvalue weighted by atomic mass is 16.2. The molecule has 2 aliphatic rings. The van der Waals surface area contributed by atoms with E-state index in [4.69, 9.17) is 0 Å². The highest BCUT2D eigenvalue weighted by molar-refractivity contribution is 5.92. The minimum atomic E-state index is -0.311. The molecule has 2 saturated heterocycles. The van der Waals surface area contributed by atoms with Gasteiger partial charge in [-0.15, -0.1) is 0 Å². The average Bonchev–Trinajstić information content (AvgIpc) is 3.03. The van der Waals surface area contributed by atoms with Crippen LogP contribution in [0.1, 0.15) is 52.9 Å². The summed E-state index contributed by atoms with van der Waals surface area (Å²) in [6.45, 7) is 10.7. The van der Waals surface area contributed by atoms with Gasteiger partial charge in [0.1, 0.15) is 6.04 Å². The first-order valence-corrected chi connectivity index (χ1v) is 9.77. The zero-order valence-electron chi connectivity index (χ0n) is 16.0. The van der Waals surface area contributed by atoms with Crippen LogP contribution in [0.4, 0.5) is 0 Å². The van der Waals surface area contributed by atoms with Crippen molar-refractivity contribution < 1.29 is 9.59 Å². The van der Waals surface area contributed by atoms with Gasteiger partial charge < -0.3 is 14.7 Å². The second kappa shape index (κ2) is 9.76. The maximum Gasteiger partial charge on any atom is 0.245 e. The van der Waals surface area contributed by atoms with Crippen LogP contribution in [0.2, 0.25) is 0 Å². The second-order valence-electron chi connectivity index (χ2n) is 6.87. The zero-order valence-corrected chi connectivity index (χ0v) is 16.0. The standard InChI is InChI=1S/C20H33N3O2/c1-4-7-9-17(10-8-5-2)23-18(11-12-19(23)24)20(25)22-15-13-21(6-3)14-16-22/h4,7,9,18H,5-6,8,10-16H2,1-3H3/b7-4+,17-9+. The lowest BCUT2D eigenvalue weighted by atomic mass is 10.1. The third-order valence-corrected chi connectivity index (χ3v) is 5.21. The Hall–Kier alpha value is -1.62. The maximum absolute atomic E-state index is 13.1. The van der Waals surface area contributed by atoms with E-state index in [0.717, 1.165) is 57.7 Å². The Morgan fingerprint density at radius 2 is 1.92 bits per heavy atom. The number of hydrogen-bond donors (Lipinski definition) is 0. The molecule has 0 aromatic heterocycles. The van der Waals surface area contributed by atoms with Gasteiger partial charge >= 0.3 is 0 Å². The van der Waals surface area contributed by atoms with Crippen molar-refractivity contribution in [3.05, 3.63) is 23.9 Å². The van der Waals surface area contributed by atoms with E-state index >= 15 is 0 Å². The molecule has 1 atom stereocenters. The fourth-order valence-corrected chi connectivity index (χ4v) is 3.62. The minimum Gasteiger partial charge on any atom is -0.338 e. The van der Waals surface area contributed by atoms with E-state index in [9.17, 15) is 9.59 Å². The summed E-state index contributed by atoms with van der Waals surface area (Å²) in [6.07, 6.45) is 10.0. The van der Waals surface area contributed by atoms with Crippen molar-refractivity contribution in [1.29, 1.82) is 0 Å². The van der Waals surface area contributed by atoms with Crippen molar-refractivity contribution in [2.45, 2.75) is 58.9 Å². The molecular formula is C20H33N3O2. The lowest BCUT2D eigenvalue weighted by Gasteiger charge is -2.37. The van der Waals surface area contributed by atoms with Crippen molar-refractivity contribution >= 4 is 11.8 Å². The Morgan fingerprint density at radius 1 is 1.20 bits per heavy atom. The summed E-state index contributed by atoms with van der Waals surface area (Å²) in [6, 6.07) is -0.311. The van der Waals surface area contributed by atoms with Crippen LogP contribution in [0.5, 0.6) is 0 Å². The quantitative estimate of drug-likeness (QED) is 0.665. The molecule has 25 heavy (non-hydrogen) atoms. The summed E-state index contributed by atoms with van der Waals surface area (Å²) in [5.41, 5.74) is 0.994. The van der Waals surface area contributed by atoms with Gasteiger partial charge in [-0.25, -0.2) is 0 Å². The molecule has 0 N–H and O–H groups in total. The maximum atomic E-state index is 13.1. The van der Waals surface area contributed by atoms with E-state index in [0.29, 0.717) is 12.8 Å². The molecule has 5 heteroatoms. The Labute approximate surface area is 152 Å². The number of unbranched alkanes of at least 4 members (excludes halogenated alkanes) is 1. The summed E-state index contributed by atoms with van der Waals surface area (Å²) < 4.78 is 0. The Kier molecular flexibility index (Phi) is 7.69. The molecule has 0 bridgehead atoms. The fraction of sp³-hybridized carbons (Fsp3) is 0.700. The molecule has 2 heterocycles. The van der Waals surface area contributed by atoms with Gasteiger partial charge in [0.2, 0.25) is 11.8 Å². The fourth-order valence-electron chi connectivity index (χ4n) is 3.62. The van der Waals surface area contributed by atoms with E-state index in [-0.39, 0.29) is 17.9 Å². The van der Waals surface area contributed by atoms with E-state index in [1.54, 1.807) is 4.90 Å². The van der Waals surface area contributed by atoms with Gasteiger partial charge in [0, 0.05) is 38.3 Å². The molecule has 5 nitrogen and oxygen atoms in total. The van der Waals surface area contributed by atoms with Crippen molar-refractivity contribution in [3.8, 4) is 0 Å². The molecule has 0 aromatic rings. The number of likely N-dealkylation sites (N-methyl/N-ethyl adjacent to an activating group) is 1. The molecule has 0 aromatic carbocycles. The van der Waals surface area contributed by atoms with Gasteiger partial charge in [0.15, 0.2) is 0 Å². The number of nitrogens with zero attached hydrogens (tertiary/aromatic N) is 3. The molecule has 2 amide bonds. The predicted molar refractivity (Wildman–Crippen MR) is 101 cm³/mol. The largest absolute Gasteiger partial charge is 0.338 e. The van der Waals surface area contributed by atoms with Crippen LogP contribution in [-0.2, 0) is 9.59 Å². The zero-order chi connectivity index (χ0) is 18.2. The molecule has 0 spiro atoms. The van der Waals surface area contributed by atoms with E-state index in [2.05, 4.69) is 18.7 Å². The lowest BCUT2D eigenvalue weighted by molar-refractivity contribution is -0.141. The Morgan fingerprint density at radius 3 is 2.52 bits per heavy atom. The Balaban J connectivity index is 2.12. The SMILES string of the molecule is C/C=C/C=C(\CCCC)N1C(=O)CCC1C(=O)N1CCN(CC)CC1. The third-order valence-electron chi connectivity index (χ3n) is 5.21. The van der Waals surface area contributed by atoms with Gasteiger partial charge in [-0.05, 0) is 38.8 Å². The van der Waals surface area contributed by atoms with Crippen molar-refractivity contribution in [2.24, 2.45) is 0 Å². The molecule has 0 radical (unpaired) electrons. The van der Waals surface area contributed by atoms with Crippen LogP contribution in [0, 0.1) is 0 Å². The summed E-state index contributed by atoms with van der Waals surface area (Å²) in [5.74, 6) is 0.224. The van der Waals surface area contributed by atoms with Crippen LogP contribution in [-0.4, -0.2) is 65.3 Å². The van der Waals surface area contributed by atoms with Crippen LogP contribution in [0.3, 0.4) is 0 Å². The van der Waals surface area contributed by atoms with E-state index < -0.39 is 0 Å². The number of rotatable bonds is 7. The molecule has 0 aliphatic carbocycles. The first-order chi connectivity index (χ1) is 12.1. The van der Waals surface area contributed by atoms with E-state index in [1.807, 2.05) is 30.1 Å². The number of piperazine rings is 1. The van der Waals surface area contributed by atoms with Crippen molar-refractivity contribution in [1.82, 2.24) is 14.7 Å². The number of amides is 2. The molecule has 2 rings (SSSR count). The molecule has 140 valence electrons. The first-order valence-electron chi connectivity index (χ1n) is 9.77. The Bertz CT molecular complexity index is 519. The molecular weight excluding hydrogens is 314 g/mol. The molecule has 1 unspecified atom stereocenters. The van der Waals surface area contributed by atoms with Gasteiger partial charge in [0.05, 0.1) is 0 Å². The number of allylic oxidation sites excluding steroid dienone is 4. The summed E-state index contributed by atoms with van der Waals surface area (Å²) in [7, 11) is 0. The number of carbonyl (C=O) groups is 2. The predicted octanol–water partition coefficient (Wildman–Crippen LogP) is 2.79. The van der Waals surface area contributed by atoms with Crippen molar-refractivity contribution in [2.75, 3.05) is 32.7 Å². The van der Waals surface area contributed by atoms with E-state index in [1.165, 1.54) is 0 Å². The summed E-state index contributed by atoms with van der Waals surface area (Å²) >= 11 is 0. The highest BCUT2D eigenvalue weighted by Crippen LogP contribution is 2.28. The molecule has 2 fully saturated rings. The highest BCUT2D eigenvalue weighted by Gasteiger charge is 2.40. The van der Waals surface area contributed by atoms with Crippen LogP contribution >= 0.6 is 0 Å².